The van der Waals surface area contributed by atoms with Gasteiger partial charge in [0.2, 0.25) is 5.91 Å². The molecule has 3 fully saturated rings. The van der Waals surface area contributed by atoms with Gasteiger partial charge in [0.1, 0.15) is 11.5 Å². The van der Waals surface area contributed by atoms with Gasteiger partial charge in [0.05, 0.1) is 0 Å². The first kappa shape index (κ1) is 15.5. The number of H-pyrrole nitrogens is 1. The van der Waals surface area contributed by atoms with Gasteiger partial charge in [0, 0.05) is 44.1 Å². The monoisotopic (exact) mass is 331 g/mol. The zero-order chi connectivity index (χ0) is 16.7. The predicted molar refractivity (Wildman–Crippen MR) is 89.1 cm³/mol. The molecule has 1 aliphatic carbocycles. The average Bonchev–Trinajstić information content (AvgIpc) is 3.29. The lowest BCUT2D eigenvalue weighted by Gasteiger charge is -2.48. The van der Waals surface area contributed by atoms with Gasteiger partial charge in [0.15, 0.2) is 0 Å². The fourth-order valence-corrected chi connectivity index (χ4v) is 4.21. The smallest absolute Gasteiger partial charge is 0.271 e. The van der Waals surface area contributed by atoms with E-state index in [1.54, 1.807) is 6.07 Å². The van der Waals surface area contributed by atoms with Crippen molar-refractivity contribution in [1.82, 2.24) is 20.0 Å². The Balaban J connectivity index is 1.46. The summed E-state index contributed by atoms with van der Waals surface area (Å²) in [4.78, 5) is 28.9. The number of aromatic nitrogens is 2. The zero-order valence-corrected chi connectivity index (χ0v) is 14.0. The van der Waals surface area contributed by atoms with E-state index in [4.69, 9.17) is 5.73 Å². The Hall–Kier alpha value is -2.05. The van der Waals surface area contributed by atoms with Crippen molar-refractivity contribution in [3.8, 4) is 0 Å². The summed E-state index contributed by atoms with van der Waals surface area (Å²) >= 11 is 0. The Morgan fingerprint density at radius 1 is 1.38 bits per heavy atom. The highest BCUT2D eigenvalue weighted by Gasteiger charge is 2.43. The predicted octanol–water partition coefficient (Wildman–Crippen LogP) is 1.25. The van der Waals surface area contributed by atoms with Crippen LogP contribution in [0.15, 0.2) is 6.07 Å². The summed E-state index contributed by atoms with van der Waals surface area (Å²) in [6.07, 6.45) is 6.09. The maximum atomic E-state index is 12.7. The van der Waals surface area contributed by atoms with Gasteiger partial charge < -0.3 is 15.5 Å². The van der Waals surface area contributed by atoms with Gasteiger partial charge in [-0.2, -0.15) is 5.10 Å². The molecule has 1 aromatic heterocycles. The topological polar surface area (TPSA) is 95.3 Å². The number of nitrogens with two attached hydrogens (primary N) is 1. The number of piperidine rings is 2. The highest BCUT2D eigenvalue weighted by atomic mass is 16.2. The highest BCUT2D eigenvalue weighted by Crippen LogP contribution is 2.40. The first-order chi connectivity index (χ1) is 11.5. The molecular formula is C17H25N5O2. The lowest BCUT2D eigenvalue weighted by molar-refractivity contribution is -0.139. The number of aromatic amines is 1. The van der Waals surface area contributed by atoms with E-state index >= 15 is 0 Å². The first-order valence-corrected chi connectivity index (χ1v) is 8.93. The van der Waals surface area contributed by atoms with E-state index in [9.17, 15) is 9.59 Å². The molecule has 1 unspecified atom stereocenters. The molecule has 24 heavy (non-hydrogen) atoms. The summed E-state index contributed by atoms with van der Waals surface area (Å²) in [6, 6.07) is 1.59. The molecule has 3 N–H and O–H groups in total. The van der Waals surface area contributed by atoms with Crippen LogP contribution in [0.25, 0.3) is 0 Å². The Kier molecular flexibility index (Phi) is 3.73. The normalized spacial score (nSPS) is 27.8. The lowest BCUT2D eigenvalue weighted by atomic mass is 9.73. The number of anilines is 1. The summed E-state index contributed by atoms with van der Waals surface area (Å²) in [5, 5.41) is 6.56. The van der Waals surface area contributed by atoms with Crippen molar-refractivity contribution >= 4 is 17.6 Å². The summed E-state index contributed by atoms with van der Waals surface area (Å²) in [5.41, 5.74) is 6.12. The van der Waals surface area contributed by atoms with E-state index in [2.05, 4.69) is 15.1 Å². The molecule has 2 saturated heterocycles. The summed E-state index contributed by atoms with van der Waals surface area (Å²) in [5.74, 6) is 1.29. The molecule has 7 heteroatoms. The van der Waals surface area contributed by atoms with Crippen molar-refractivity contribution in [3.63, 3.8) is 0 Å². The number of nitrogens with zero attached hydrogens (tertiary/aromatic N) is 3. The molecule has 1 atom stereocenters. The van der Waals surface area contributed by atoms with E-state index in [-0.39, 0.29) is 17.2 Å². The number of hydrogen-bond acceptors (Lipinski definition) is 4. The maximum absolute atomic E-state index is 12.7. The van der Waals surface area contributed by atoms with E-state index in [0.29, 0.717) is 23.9 Å². The van der Waals surface area contributed by atoms with Crippen LogP contribution in [-0.2, 0) is 4.79 Å². The van der Waals surface area contributed by atoms with Crippen LogP contribution in [0.1, 0.15) is 49.0 Å². The van der Waals surface area contributed by atoms with Crippen molar-refractivity contribution in [3.05, 3.63) is 11.8 Å². The SMILES string of the molecule is Nc1cc(C(=O)N2CCCC3(CCC(=O)N(CC4CC4)C3)C2)[nH]n1. The van der Waals surface area contributed by atoms with Crippen LogP contribution < -0.4 is 5.73 Å². The molecule has 1 spiro atoms. The minimum absolute atomic E-state index is 0.0380. The number of likely N-dealkylation sites (tertiary alicyclic amines) is 2. The number of nitrogen functional groups attached to an aromatic ring is 1. The second kappa shape index (κ2) is 5.79. The molecule has 7 nitrogen and oxygen atoms in total. The molecule has 1 saturated carbocycles. The van der Waals surface area contributed by atoms with Crippen molar-refractivity contribution in [2.45, 2.75) is 38.5 Å². The van der Waals surface area contributed by atoms with Gasteiger partial charge in [-0.1, -0.05) is 0 Å². The van der Waals surface area contributed by atoms with Crippen molar-refractivity contribution in [2.24, 2.45) is 11.3 Å². The lowest BCUT2D eigenvalue weighted by Crippen LogP contribution is -2.55. The number of rotatable bonds is 3. The molecule has 2 aliphatic heterocycles. The fourth-order valence-electron chi connectivity index (χ4n) is 4.21. The Labute approximate surface area is 141 Å². The molecular weight excluding hydrogens is 306 g/mol. The summed E-state index contributed by atoms with van der Waals surface area (Å²) in [6.45, 7) is 3.19. The third-order valence-corrected chi connectivity index (χ3v) is 5.70. The number of amides is 2. The third-order valence-electron chi connectivity index (χ3n) is 5.70. The quantitative estimate of drug-likeness (QED) is 0.871. The third kappa shape index (κ3) is 2.99. The molecule has 1 aromatic rings. The van der Waals surface area contributed by atoms with E-state index in [0.717, 1.165) is 45.4 Å². The van der Waals surface area contributed by atoms with Crippen LogP contribution in [0.2, 0.25) is 0 Å². The van der Waals surface area contributed by atoms with Crippen LogP contribution in [0.4, 0.5) is 5.82 Å². The Morgan fingerprint density at radius 2 is 2.21 bits per heavy atom. The minimum Gasteiger partial charge on any atom is -0.382 e. The molecule has 0 bridgehead atoms. The van der Waals surface area contributed by atoms with Gasteiger partial charge in [-0.3, -0.25) is 14.7 Å². The van der Waals surface area contributed by atoms with Gasteiger partial charge in [-0.25, -0.2) is 0 Å². The van der Waals surface area contributed by atoms with Crippen molar-refractivity contribution in [2.75, 3.05) is 31.9 Å². The largest absolute Gasteiger partial charge is 0.382 e. The van der Waals surface area contributed by atoms with Gasteiger partial charge in [0.25, 0.3) is 5.91 Å². The molecule has 4 rings (SSSR count). The highest BCUT2D eigenvalue weighted by molar-refractivity contribution is 5.93. The second-order valence-electron chi connectivity index (χ2n) is 7.75. The van der Waals surface area contributed by atoms with Crippen LogP contribution in [-0.4, -0.2) is 58.0 Å². The van der Waals surface area contributed by atoms with E-state index < -0.39 is 0 Å². The van der Waals surface area contributed by atoms with Gasteiger partial charge >= 0.3 is 0 Å². The molecule has 0 radical (unpaired) electrons. The second-order valence-corrected chi connectivity index (χ2v) is 7.75. The van der Waals surface area contributed by atoms with Crippen LogP contribution >= 0.6 is 0 Å². The maximum Gasteiger partial charge on any atom is 0.271 e. The standard InChI is InChI=1S/C17H25N5O2/c18-14-8-13(19-20-14)16(24)21-7-1-5-17(10-21)6-4-15(23)22(11-17)9-12-2-3-12/h8,12H,1-7,9-11H2,(H3,18,19,20). The van der Waals surface area contributed by atoms with E-state index in [1.807, 2.05) is 4.90 Å². The van der Waals surface area contributed by atoms with Gasteiger partial charge in [-0.05, 0) is 38.0 Å². The average molecular weight is 331 g/mol. The van der Waals surface area contributed by atoms with E-state index in [1.165, 1.54) is 12.8 Å². The Morgan fingerprint density at radius 3 is 2.92 bits per heavy atom. The minimum atomic E-state index is -0.0380. The Bertz CT molecular complexity index is 653. The van der Waals surface area contributed by atoms with Crippen molar-refractivity contribution < 1.29 is 9.59 Å². The summed E-state index contributed by atoms with van der Waals surface area (Å²) < 4.78 is 0. The molecule has 2 amide bonds. The van der Waals surface area contributed by atoms with Crippen LogP contribution in [0.5, 0.6) is 0 Å². The summed E-state index contributed by atoms with van der Waals surface area (Å²) in [7, 11) is 0. The molecule has 3 heterocycles. The van der Waals surface area contributed by atoms with Crippen LogP contribution in [0.3, 0.4) is 0 Å². The van der Waals surface area contributed by atoms with Gasteiger partial charge in [-0.15, -0.1) is 0 Å². The zero-order valence-electron chi connectivity index (χ0n) is 14.0. The number of hydrogen-bond donors (Lipinski definition) is 2. The fraction of sp³-hybridized carbons (Fsp3) is 0.706. The number of nitrogens with one attached hydrogen (secondary N) is 1. The van der Waals surface area contributed by atoms with Crippen LogP contribution in [0, 0.1) is 11.3 Å². The van der Waals surface area contributed by atoms with Crippen molar-refractivity contribution in [1.29, 1.82) is 0 Å². The molecule has 3 aliphatic rings. The molecule has 0 aromatic carbocycles. The first-order valence-electron chi connectivity index (χ1n) is 8.93. The molecule has 130 valence electrons. The number of carbonyl (C=O) groups is 2. The number of carbonyl (C=O) groups excluding carboxylic acids is 2.